The van der Waals surface area contributed by atoms with Crippen molar-refractivity contribution < 1.29 is 40.1 Å². The zero-order valence-electron chi connectivity index (χ0n) is 13.7. The number of benzene rings is 3. The van der Waals surface area contributed by atoms with Crippen LogP contribution >= 0.6 is 7.82 Å². The van der Waals surface area contributed by atoms with Gasteiger partial charge < -0.3 is 13.6 Å². The number of para-hydroxylation sites is 2. The maximum Gasteiger partial charge on any atom is 0.647 e. The van der Waals surface area contributed by atoms with Crippen LogP contribution in [0.3, 0.4) is 0 Å². The zero-order valence-corrected chi connectivity index (χ0v) is 14.6. The van der Waals surface area contributed by atoms with Crippen LogP contribution < -0.4 is 13.6 Å². The SMILES string of the molecule is O=P(Oc1ccccc1)(Oc1ccccc1)Oc1c(F)c(F)c(F)c(F)c1F. The van der Waals surface area contributed by atoms with Gasteiger partial charge in [0.15, 0.2) is 0 Å². The normalized spacial score (nSPS) is 11.2. The molecule has 0 fully saturated rings. The quantitative estimate of drug-likeness (QED) is 0.213. The van der Waals surface area contributed by atoms with Crippen LogP contribution in [0.25, 0.3) is 0 Å². The van der Waals surface area contributed by atoms with E-state index >= 15 is 0 Å². The predicted octanol–water partition coefficient (Wildman–Crippen LogP) is 6.03. The van der Waals surface area contributed by atoms with Gasteiger partial charge in [-0.15, -0.1) is 0 Å². The molecular formula is C18H10F5O4P. The van der Waals surface area contributed by atoms with Crippen LogP contribution in [-0.4, -0.2) is 0 Å². The standard InChI is InChI=1S/C18H10F5O4P/c19-13-14(20)16(22)18(17(23)15(13)21)27-28(24,25-11-7-3-1-4-8-11)26-12-9-5-2-6-10-12/h1-10H. The van der Waals surface area contributed by atoms with Gasteiger partial charge in [-0.25, -0.2) is 13.2 Å². The number of halogens is 5. The molecule has 3 rings (SSSR count). The first-order valence-corrected chi connectivity index (χ1v) is 9.07. The summed E-state index contributed by atoms with van der Waals surface area (Å²) in [5, 5.41) is 0. The highest BCUT2D eigenvalue weighted by molar-refractivity contribution is 7.49. The lowest BCUT2D eigenvalue weighted by molar-refractivity contribution is 0.275. The van der Waals surface area contributed by atoms with E-state index in [9.17, 15) is 26.5 Å². The van der Waals surface area contributed by atoms with Crippen LogP contribution in [0.2, 0.25) is 0 Å². The summed E-state index contributed by atoms with van der Waals surface area (Å²) in [6.07, 6.45) is 0. The lowest BCUT2D eigenvalue weighted by Gasteiger charge is -2.20. The molecule has 4 nitrogen and oxygen atoms in total. The van der Waals surface area contributed by atoms with E-state index in [1.807, 2.05) is 0 Å². The van der Waals surface area contributed by atoms with Crippen molar-refractivity contribution in [3.8, 4) is 17.2 Å². The predicted molar refractivity (Wildman–Crippen MR) is 88.6 cm³/mol. The Balaban J connectivity index is 2.04. The highest BCUT2D eigenvalue weighted by Crippen LogP contribution is 2.51. The van der Waals surface area contributed by atoms with E-state index in [0.29, 0.717) is 0 Å². The van der Waals surface area contributed by atoms with E-state index in [2.05, 4.69) is 4.52 Å². The van der Waals surface area contributed by atoms with Crippen LogP contribution in [0.4, 0.5) is 22.0 Å². The zero-order chi connectivity index (χ0) is 20.3. The second-order valence-corrected chi connectivity index (χ2v) is 6.69. The Morgan fingerprint density at radius 2 is 0.893 bits per heavy atom. The molecule has 0 saturated carbocycles. The highest BCUT2D eigenvalue weighted by atomic mass is 31.2. The number of hydrogen-bond acceptors (Lipinski definition) is 4. The van der Waals surface area contributed by atoms with Crippen molar-refractivity contribution in [2.45, 2.75) is 0 Å². The molecule has 0 aliphatic heterocycles. The smallest absolute Gasteiger partial charge is 0.386 e. The van der Waals surface area contributed by atoms with Crippen LogP contribution in [0.5, 0.6) is 17.2 Å². The molecule has 0 unspecified atom stereocenters. The Morgan fingerprint density at radius 3 is 1.29 bits per heavy atom. The van der Waals surface area contributed by atoms with Gasteiger partial charge in [-0.3, -0.25) is 0 Å². The topological polar surface area (TPSA) is 44.8 Å². The summed E-state index contributed by atoms with van der Waals surface area (Å²) < 4.78 is 95.6. The van der Waals surface area contributed by atoms with Crippen LogP contribution in [0.15, 0.2) is 60.7 Å². The maximum absolute atomic E-state index is 13.9. The van der Waals surface area contributed by atoms with Crippen molar-refractivity contribution in [2.75, 3.05) is 0 Å². The van der Waals surface area contributed by atoms with Gasteiger partial charge in [-0.2, -0.15) is 13.3 Å². The van der Waals surface area contributed by atoms with E-state index in [4.69, 9.17) is 9.05 Å². The van der Waals surface area contributed by atoms with Gasteiger partial charge in [-0.05, 0) is 24.3 Å². The second-order valence-electron chi connectivity index (χ2n) is 5.25. The second kappa shape index (κ2) is 7.90. The lowest BCUT2D eigenvalue weighted by Crippen LogP contribution is -2.12. The van der Waals surface area contributed by atoms with Gasteiger partial charge >= 0.3 is 7.82 Å². The summed E-state index contributed by atoms with van der Waals surface area (Å²) >= 11 is 0. The first-order chi connectivity index (χ1) is 13.3. The third-order valence-electron chi connectivity index (χ3n) is 3.29. The van der Waals surface area contributed by atoms with Crippen molar-refractivity contribution >= 4 is 7.82 Å². The summed E-state index contributed by atoms with van der Waals surface area (Å²) in [5.74, 6) is -13.5. The molecule has 3 aromatic rings. The van der Waals surface area contributed by atoms with Crippen LogP contribution in [-0.2, 0) is 4.57 Å². The third kappa shape index (κ3) is 4.09. The summed E-state index contributed by atoms with van der Waals surface area (Å²) in [6.45, 7) is 0. The molecular weight excluding hydrogens is 406 g/mol. The molecule has 28 heavy (non-hydrogen) atoms. The van der Waals surface area contributed by atoms with Crippen LogP contribution in [0, 0.1) is 29.1 Å². The molecule has 3 aromatic carbocycles. The molecule has 146 valence electrons. The van der Waals surface area contributed by atoms with E-state index in [-0.39, 0.29) is 11.5 Å². The first kappa shape index (κ1) is 19.7. The molecule has 0 radical (unpaired) electrons. The van der Waals surface area contributed by atoms with Gasteiger partial charge in [0.1, 0.15) is 11.5 Å². The van der Waals surface area contributed by atoms with Gasteiger partial charge in [0, 0.05) is 0 Å². The summed E-state index contributed by atoms with van der Waals surface area (Å²) in [7, 11) is -4.93. The van der Waals surface area contributed by atoms with Gasteiger partial charge in [-0.1, -0.05) is 36.4 Å². The highest BCUT2D eigenvalue weighted by Gasteiger charge is 2.38. The van der Waals surface area contributed by atoms with E-state index in [0.717, 1.165) is 0 Å². The molecule has 0 aliphatic rings. The fraction of sp³-hybridized carbons (Fsp3) is 0. The molecule has 0 aliphatic carbocycles. The Morgan fingerprint density at radius 1 is 0.536 bits per heavy atom. The monoisotopic (exact) mass is 416 g/mol. The minimum atomic E-state index is -4.93. The summed E-state index contributed by atoms with van der Waals surface area (Å²) in [4.78, 5) is 0. The van der Waals surface area contributed by atoms with Crippen molar-refractivity contribution in [2.24, 2.45) is 0 Å². The molecule has 0 spiro atoms. The molecule has 0 bridgehead atoms. The molecule has 0 heterocycles. The first-order valence-electron chi connectivity index (χ1n) is 7.61. The Labute approximate surface area is 155 Å². The average molecular weight is 416 g/mol. The molecule has 10 heteroatoms. The Kier molecular flexibility index (Phi) is 5.56. The summed E-state index contributed by atoms with van der Waals surface area (Å²) in [6, 6.07) is 14.4. The fourth-order valence-electron chi connectivity index (χ4n) is 2.05. The van der Waals surface area contributed by atoms with Gasteiger partial charge in [0.05, 0.1) is 0 Å². The van der Waals surface area contributed by atoms with Crippen molar-refractivity contribution in [1.29, 1.82) is 0 Å². The Bertz CT molecular complexity index is 957. The molecule has 0 atom stereocenters. The molecule has 0 aromatic heterocycles. The Hall–Kier alpha value is -3.06. The minimum Gasteiger partial charge on any atom is -0.386 e. The minimum absolute atomic E-state index is 0.0920. The van der Waals surface area contributed by atoms with Crippen molar-refractivity contribution in [3.63, 3.8) is 0 Å². The molecule has 0 N–H and O–H groups in total. The largest absolute Gasteiger partial charge is 0.647 e. The van der Waals surface area contributed by atoms with E-state index in [1.165, 1.54) is 48.5 Å². The van der Waals surface area contributed by atoms with Gasteiger partial charge in [0.2, 0.25) is 34.8 Å². The maximum atomic E-state index is 13.9. The van der Waals surface area contributed by atoms with E-state index in [1.54, 1.807) is 12.1 Å². The molecule has 0 saturated heterocycles. The molecule has 0 amide bonds. The van der Waals surface area contributed by atoms with E-state index < -0.39 is 42.7 Å². The number of phosphoric acid groups is 1. The number of phosphoric ester groups is 1. The number of rotatable bonds is 6. The lowest BCUT2D eigenvalue weighted by atomic mass is 10.3. The fourth-order valence-corrected chi connectivity index (χ4v) is 3.31. The van der Waals surface area contributed by atoms with Crippen molar-refractivity contribution in [1.82, 2.24) is 0 Å². The summed E-state index contributed by atoms with van der Waals surface area (Å²) in [5.41, 5.74) is 0. The number of hydrogen-bond donors (Lipinski definition) is 0. The third-order valence-corrected chi connectivity index (χ3v) is 4.57. The average Bonchev–Trinajstić information content (AvgIpc) is 2.70. The van der Waals surface area contributed by atoms with Gasteiger partial charge in [0.25, 0.3) is 0 Å². The van der Waals surface area contributed by atoms with Crippen molar-refractivity contribution in [3.05, 3.63) is 89.7 Å². The van der Waals surface area contributed by atoms with Crippen LogP contribution in [0.1, 0.15) is 0 Å².